The highest BCUT2D eigenvalue weighted by molar-refractivity contribution is 5.76. The first-order chi connectivity index (χ1) is 8.47. The summed E-state index contributed by atoms with van der Waals surface area (Å²) in [7, 11) is 0. The molecular formula is C15H28N2O. The zero-order chi connectivity index (χ0) is 13.4. The zero-order valence-corrected chi connectivity index (χ0v) is 12.1. The Morgan fingerprint density at radius 1 is 1.28 bits per heavy atom. The van der Waals surface area contributed by atoms with Crippen molar-refractivity contribution in [1.82, 2.24) is 10.6 Å². The number of hydrogen-bond donors (Lipinski definition) is 2. The maximum atomic E-state index is 11.6. The van der Waals surface area contributed by atoms with Gasteiger partial charge in [-0.1, -0.05) is 11.6 Å². The van der Waals surface area contributed by atoms with E-state index in [9.17, 15) is 4.79 Å². The number of allylic oxidation sites excluding steroid dienone is 1. The lowest BCUT2D eigenvalue weighted by molar-refractivity contribution is -0.121. The third-order valence-corrected chi connectivity index (χ3v) is 3.16. The molecule has 1 aliphatic rings. The first kappa shape index (κ1) is 15.2. The fraction of sp³-hybridized carbons (Fsp3) is 0.800. The Morgan fingerprint density at radius 3 is 2.67 bits per heavy atom. The van der Waals surface area contributed by atoms with E-state index in [1.807, 2.05) is 0 Å². The van der Waals surface area contributed by atoms with Crippen LogP contribution in [0.1, 0.15) is 59.3 Å². The van der Waals surface area contributed by atoms with Gasteiger partial charge in [-0.3, -0.25) is 4.79 Å². The summed E-state index contributed by atoms with van der Waals surface area (Å²) in [6.07, 6.45) is 9.02. The van der Waals surface area contributed by atoms with E-state index >= 15 is 0 Å². The van der Waals surface area contributed by atoms with Crippen LogP contribution in [0.2, 0.25) is 0 Å². The second kappa shape index (κ2) is 7.57. The van der Waals surface area contributed by atoms with Crippen molar-refractivity contribution in [3.63, 3.8) is 0 Å². The fourth-order valence-electron chi connectivity index (χ4n) is 2.13. The molecule has 0 radical (unpaired) electrons. The van der Waals surface area contributed by atoms with Crippen molar-refractivity contribution < 1.29 is 4.79 Å². The third kappa shape index (κ3) is 7.49. The van der Waals surface area contributed by atoms with Crippen molar-refractivity contribution in [2.45, 2.75) is 64.8 Å². The normalized spacial score (nSPS) is 16.3. The van der Waals surface area contributed by atoms with E-state index in [-0.39, 0.29) is 11.4 Å². The molecule has 1 amide bonds. The first-order valence-corrected chi connectivity index (χ1v) is 7.17. The van der Waals surface area contributed by atoms with Crippen LogP contribution in [0.5, 0.6) is 0 Å². The first-order valence-electron chi connectivity index (χ1n) is 7.17. The maximum absolute atomic E-state index is 11.6. The number of nitrogens with one attached hydrogen (secondary N) is 2. The summed E-state index contributed by atoms with van der Waals surface area (Å²) in [5.41, 5.74) is 1.61. The Morgan fingerprint density at radius 2 is 2.06 bits per heavy atom. The molecule has 0 aromatic carbocycles. The number of rotatable bonds is 6. The largest absolute Gasteiger partial charge is 0.356 e. The number of hydrogen-bond acceptors (Lipinski definition) is 2. The molecule has 104 valence electrons. The number of carbonyl (C=O) groups is 1. The minimum absolute atomic E-state index is 0.0905. The van der Waals surface area contributed by atoms with Crippen LogP contribution < -0.4 is 10.6 Å². The van der Waals surface area contributed by atoms with Gasteiger partial charge in [0, 0.05) is 25.0 Å². The summed E-state index contributed by atoms with van der Waals surface area (Å²) < 4.78 is 0. The molecule has 0 spiro atoms. The molecule has 0 aromatic rings. The number of carbonyl (C=O) groups excluding carboxylic acids is 1. The molecule has 0 fully saturated rings. The molecule has 1 aliphatic carbocycles. The molecule has 2 N–H and O–H groups in total. The molecule has 0 atom stereocenters. The summed E-state index contributed by atoms with van der Waals surface area (Å²) in [5.74, 6) is 0.156. The molecule has 0 aliphatic heterocycles. The average Bonchev–Trinajstić information content (AvgIpc) is 2.28. The van der Waals surface area contributed by atoms with E-state index in [4.69, 9.17) is 0 Å². The third-order valence-electron chi connectivity index (χ3n) is 3.16. The molecule has 0 aromatic heterocycles. The highest BCUT2D eigenvalue weighted by atomic mass is 16.1. The smallest absolute Gasteiger partial charge is 0.221 e. The van der Waals surface area contributed by atoms with Crippen LogP contribution >= 0.6 is 0 Å². The lowest BCUT2D eigenvalue weighted by Gasteiger charge is -2.20. The van der Waals surface area contributed by atoms with Crippen molar-refractivity contribution in [2.75, 3.05) is 13.1 Å². The van der Waals surface area contributed by atoms with Crippen molar-refractivity contribution in [3.8, 4) is 0 Å². The molecule has 0 saturated carbocycles. The quantitative estimate of drug-likeness (QED) is 0.714. The summed E-state index contributed by atoms with van der Waals surface area (Å²) >= 11 is 0. The van der Waals surface area contributed by atoms with Gasteiger partial charge in [0.1, 0.15) is 0 Å². The molecule has 0 unspecified atom stereocenters. The Kier molecular flexibility index (Phi) is 6.41. The highest BCUT2D eigenvalue weighted by Gasteiger charge is 2.09. The van der Waals surface area contributed by atoms with Gasteiger partial charge in [0.15, 0.2) is 0 Å². The Hall–Kier alpha value is -0.830. The van der Waals surface area contributed by atoms with Crippen LogP contribution in [0, 0.1) is 0 Å². The van der Waals surface area contributed by atoms with Gasteiger partial charge in [-0.2, -0.15) is 0 Å². The van der Waals surface area contributed by atoms with E-state index in [0.717, 1.165) is 19.5 Å². The predicted octanol–water partition coefficient (Wildman–Crippen LogP) is 2.77. The monoisotopic (exact) mass is 252 g/mol. The Balaban J connectivity index is 2.04. The van der Waals surface area contributed by atoms with Crippen LogP contribution in [0.25, 0.3) is 0 Å². The van der Waals surface area contributed by atoms with E-state index in [1.54, 1.807) is 0 Å². The van der Waals surface area contributed by atoms with E-state index < -0.39 is 0 Å². The van der Waals surface area contributed by atoms with Crippen LogP contribution in [-0.2, 0) is 4.79 Å². The second-order valence-corrected chi connectivity index (χ2v) is 6.13. The van der Waals surface area contributed by atoms with Gasteiger partial charge in [0.05, 0.1) is 0 Å². The Labute approximate surface area is 111 Å². The average molecular weight is 252 g/mol. The van der Waals surface area contributed by atoms with Gasteiger partial charge in [-0.15, -0.1) is 0 Å². The summed E-state index contributed by atoms with van der Waals surface area (Å²) in [4.78, 5) is 11.6. The van der Waals surface area contributed by atoms with E-state index in [0.29, 0.717) is 6.42 Å². The second-order valence-electron chi connectivity index (χ2n) is 6.13. The summed E-state index contributed by atoms with van der Waals surface area (Å²) in [5, 5.41) is 6.32. The Bertz CT molecular complexity index is 289. The zero-order valence-electron chi connectivity index (χ0n) is 12.1. The predicted molar refractivity (Wildman–Crippen MR) is 76.6 cm³/mol. The molecule has 0 bridgehead atoms. The maximum Gasteiger partial charge on any atom is 0.221 e. The lowest BCUT2D eigenvalue weighted by atomic mass is 9.97. The van der Waals surface area contributed by atoms with Gasteiger partial charge < -0.3 is 10.6 Å². The number of amides is 1. The van der Waals surface area contributed by atoms with Gasteiger partial charge in [0.2, 0.25) is 5.91 Å². The fourth-order valence-corrected chi connectivity index (χ4v) is 2.13. The van der Waals surface area contributed by atoms with Gasteiger partial charge in [-0.05, 0) is 52.9 Å². The van der Waals surface area contributed by atoms with Crippen LogP contribution in [0.3, 0.4) is 0 Å². The van der Waals surface area contributed by atoms with Crippen LogP contribution in [0.4, 0.5) is 0 Å². The standard InChI is InChI=1S/C15H28N2O/c1-15(2,3)17-12-10-14(18)16-11-9-13-7-5-4-6-8-13/h7,17H,4-6,8-12H2,1-3H3,(H,16,18). The molecule has 3 heteroatoms. The van der Waals surface area contributed by atoms with Crippen molar-refractivity contribution in [2.24, 2.45) is 0 Å². The molecule has 0 heterocycles. The van der Waals surface area contributed by atoms with Crippen LogP contribution in [-0.4, -0.2) is 24.5 Å². The molecule has 18 heavy (non-hydrogen) atoms. The topological polar surface area (TPSA) is 41.1 Å². The summed E-state index contributed by atoms with van der Waals surface area (Å²) in [6, 6.07) is 0. The van der Waals surface area contributed by atoms with Crippen LogP contribution in [0.15, 0.2) is 11.6 Å². The lowest BCUT2D eigenvalue weighted by Crippen LogP contribution is -2.38. The molecule has 0 saturated heterocycles. The van der Waals surface area contributed by atoms with E-state index in [2.05, 4.69) is 37.5 Å². The van der Waals surface area contributed by atoms with Crippen molar-refractivity contribution >= 4 is 5.91 Å². The minimum Gasteiger partial charge on any atom is -0.356 e. The van der Waals surface area contributed by atoms with Gasteiger partial charge >= 0.3 is 0 Å². The van der Waals surface area contributed by atoms with Gasteiger partial charge in [0.25, 0.3) is 0 Å². The SMILES string of the molecule is CC(C)(C)NCCC(=O)NCCC1=CCCCC1. The minimum atomic E-state index is 0.0905. The highest BCUT2D eigenvalue weighted by Crippen LogP contribution is 2.19. The van der Waals surface area contributed by atoms with Gasteiger partial charge in [-0.25, -0.2) is 0 Å². The molecule has 1 rings (SSSR count). The molecular weight excluding hydrogens is 224 g/mol. The van der Waals surface area contributed by atoms with Crippen molar-refractivity contribution in [3.05, 3.63) is 11.6 Å². The molecule has 3 nitrogen and oxygen atoms in total. The van der Waals surface area contributed by atoms with E-state index in [1.165, 1.54) is 31.3 Å². The summed E-state index contributed by atoms with van der Waals surface area (Å²) in [6.45, 7) is 7.87. The van der Waals surface area contributed by atoms with Crippen molar-refractivity contribution in [1.29, 1.82) is 0 Å².